The highest BCUT2D eigenvalue weighted by Crippen LogP contribution is 2.22. The third-order valence-corrected chi connectivity index (χ3v) is 4.72. The predicted octanol–water partition coefficient (Wildman–Crippen LogP) is 2.94. The first-order valence-electron chi connectivity index (χ1n) is 8.82. The zero-order chi connectivity index (χ0) is 17.7. The van der Waals surface area contributed by atoms with Crippen molar-refractivity contribution >= 4 is 5.91 Å². The number of amides is 1. The largest absolute Gasteiger partial charge is 0.381 e. The standard InChI is InChI=1S/C21H25NO3/c1-16(22-20(23)21(24)11-13-25-14-12-21)15-17-7-9-19(10-8-17)18-5-3-2-4-6-18/h2-10,16,24H,11-15H2,1H3,(H,22,23). The summed E-state index contributed by atoms with van der Waals surface area (Å²) in [6.07, 6.45) is 1.45. The SMILES string of the molecule is CC(Cc1ccc(-c2ccccc2)cc1)NC(=O)C1(O)CCOCC1. The lowest BCUT2D eigenvalue weighted by Gasteiger charge is -2.31. The molecule has 0 saturated carbocycles. The van der Waals surface area contributed by atoms with Gasteiger partial charge in [-0.15, -0.1) is 0 Å². The van der Waals surface area contributed by atoms with Crippen molar-refractivity contribution in [3.63, 3.8) is 0 Å². The van der Waals surface area contributed by atoms with Crippen LogP contribution in [0.4, 0.5) is 0 Å². The summed E-state index contributed by atoms with van der Waals surface area (Å²) in [5, 5.41) is 13.4. The van der Waals surface area contributed by atoms with Crippen molar-refractivity contribution < 1.29 is 14.6 Å². The van der Waals surface area contributed by atoms with Crippen LogP contribution in [0, 0.1) is 0 Å². The van der Waals surface area contributed by atoms with Gasteiger partial charge in [0.1, 0.15) is 5.60 Å². The highest BCUT2D eigenvalue weighted by molar-refractivity contribution is 5.85. The summed E-state index contributed by atoms with van der Waals surface area (Å²) >= 11 is 0. The lowest BCUT2D eigenvalue weighted by atomic mass is 9.92. The molecule has 3 rings (SSSR count). The second-order valence-corrected chi connectivity index (χ2v) is 6.79. The van der Waals surface area contributed by atoms with Gasteiger partial charge in [0.25, 0.3) is 5.91 Å². The zero-order valence-electron chi connectivity index (χ0n) is 14.6. The van der Waals surface area contributed by atoms with E-state index in [1.807, 2.05) is 25.1 Å². The summed E-state index contributed by atoms with van der Waals surface area (Å²) in [5.41, 5.74) is 2.24. The molecule has 4 nitrogen and oxygen atoms in total. The van der Waals surface area contributed by atoms with E-state index in [4.69, 9.17) is 4.74 Å². The number of ether oxygens (including phenoxy) is 1. The van der Waals surface area contributed by atoms with Crippen LogP contribution in [0.5, 0.6) is 0 Å². The Morgan fingerprint density at radius 1 is 1.08 bits per heavy atom. The molecule has 1 unspecified atom stereocenters. The van der Waals surface area contributed by atoms with E-state index in [0.29, 0.717) is 26.1 Å². The fourth-order valence-electron chi connectivity index (χ4n) is 3.16. The molecule has 1 atom stereocenters. The molecule has 132 valence electrons. The molecule has 2 aromatic carbocycles. The molecule has 1 aliphatic rings. The third-order valence-electron chi connectivity index (χ3n) is 4.72. The van der Waals surface area contributed by atoms with Crippen LogP contribution in [-0.4, -0.2) is 35.9 Å². The van der Waals surface area contributed by atoms with Crippen molar-refractivity contribution in [1.29, 1.82) is 0 Å². The van der Waals surface area contributed by atoms with Gasteiger partial charge in [-0.1, -0.05) is 54.6 Å². The molecule has 0 aliphatic carbocycles. The van der Waals surface area contributed by atoms with E-state index in [2.05, 4.69) is 41.7 Å². The first-order valence-corrected chi connectivity index (χ1v) is 8.82. The summed E-state index contributed by atoms with van der Waals surface area (Å²) in [6, 6.07) is 18.6. The molecule has 1 aliphatic heterocycles. The third kappa shape index (κ3) is 4.47. The molecule has 4 heteroatoms. The van der Waals surface area contributed by atoms with Gasteiger partial charge in [0.15, 0.2) is 0 Å². The molecular weight excluding hydrogens is 314 g/mol. The second-order valence-electron chi connectivity index (χ2n) is 6.79. The quantitative estimate of drug-likeness (QED) is 0.880. The number of carbonyl (C=O) groups is 1. The van der Waals surface area contributed by atoms with Crippen LogP contribution in [0.15, 0.2) is 54.6 Å². The van der Waals surface area contributed by atoms with Crippen LogP contribution in [0.3, 0.4) is 0 Å². The van der Waals surface area contributed by atoms with Crippen molar-refractivity contribution in [3.8, 4) is 11.1 Å². The van der Waals surface area contributed by atoms with Gasteiger partial charge in [-0.25, -0.2) is 0 Å². The first kappa shape index (κ1) is 17.6. The molecule has 1 fully saturated rings. The summed E-state index contributed by atoms with van der Waals surface area (Å²) in [7, 11) is 0. The molecular formula is C21H25NO3. The maximum atomic E-state index is 12.3. The number of nitrogens with one attached hydrogen (secondary N) is 1. The smallest absolute Gasteiger partial charge is 0.252 e. The molecule has 0 radical (unpaired) electrons. The van der Waals surface area contributed by atoms with E-state index in [-0.39, 0.29) is 11.9 Å². The van der Waals surface area contributed by atoms with Crippen LogP contribution in [0.25, 0.3) is 11.1 Å². The Labute approximate surface area is 148 Å². The lowest BCUT2D eigenvalue weighted by molar-refractivity contribution is -0.150. The van der Waals surface area contributed by atoms with Crippen molar-refractivity contribution in [3.05, 3.63) is 60.2 Å². The van der Waals surface area contributed by atoms with Crippen LogP contribution < -0.4 is 5.32 Å². The fraction of sp³-hybridized carbons (Fsp3) is 0.381. The van der Waals surface area contributed by atoms with E-state index < -0.39 is 5.60 Å². The van der Waals surface area contributed by atoms with E-state index in [1.165, 1.54) is 11.1 Å². The molecule has 0 spiro atoms. The Morgan fingerprint density at radius 3 is 2.32 bits per heavy atom. The van der Waals surface area contributed by atoms with Crippen LogP contribution in [0.1, 0.15) is 25.3 Å². The minimum Gasteiger partial charge on any atom is -0.381 e. The van der Waals surface area contributed by atoms with Gasteiger partial charge in [0.2, 0.25) is 0 Å². The summed E-state index contributed by atoms with van der Waals surface area (Å²) < 4.78 is 5.22. The van der Waals surface area contributed by atoms with E-state index >= 15 is 0 Å². The first-order chi connectivity index (χ1) is 12.1. The van der Waals surface area contributed by atoms with E-state index in [1.54, 1.807) is 0 Å². The number of carbonyl (C=O) groups excluding carboxylic acids is 1. The van der Waals surface area contributed by atoms with Crippen molar-refractivity contribution in [1.82, 2.24) is 5.32 Å². The van der Waals surface area contributed by atoms with Crippen molar-refractivity contribution in [2.45, 2.75) is 37.8 Å². The van der Waals surface area contributed by atoms with Gasteiger partial charge < -0.3 is 15.2 Å². The molecule has 2 N–H and O–H groups in total. The Morgan fingerprint density at radius 2 is 1.68 bits per heavy atom. The fourth-order valence-corrected chi connectivity index (χ4v) is 3.16. The molecule has 1 amide bonds. The topological polar surface area (TPSA) is 58.6 Å². The molecule has 0 bridgehead atoms. The van der Waals surface area contributed by atoms with Crippen molar-refractivity contribution in [2.75, 3.05) is 13.2 Å². The van der Waals surface area contributed by atoms with Crippen molar-refractivity contribution in [2.24, 2.45) is 0 Å². The second kappa shape index (κ2) is 7.81. The maximum Gasteiger partial charge on any atom is 0.252 e. The molecule has 0 aromatic heterocycles. The van der Waals surface area contributed by atoms with Gasteiger partial charge in [0, 0.05) is 32.1 Å². The molecule has 1 heterocycles. The number of hydrogen-bond acceptors (Lipinski definition) is 3. The Balaban J connectivity index is 1.57. The Hall–Kier alpha value is -2.17. The van der Waals surface area contributed by atoms with Gasteiger partial charge >= 0.3 is 0 Å². The van der Waals surface area contributed by atoms with Gasteiger partial charge in [-0.2, -0.15) is 0 Å². The number of benzene rings is 2. The predicted molar refractivity (Wildman–Crippen MR) is 98.2 cm³/mol. The average molecular weight is 339 g/mol. The summed E-state index contributed by atoms with van der Waals surface area (Å²) in [5.74, 6) is -0.288. The van der Waals surface area contributed by atoms with Gasteiger partial charge in [-0.3, -0.25) is 4.79 Å². The van der Waals surface area contributed by atoms with Gasteiger partial charge in [-0.05, 0) is 30.0 Å². The highest BCUT2D eigenvalue weighted by atomic mass is 16.5. The van der Waals surface area contributed by atoms with Crippen LogP contribution >= 0.6 is 0 Å². The van der Waals surface area contributed by atoms with E-state index in [9.17, 15) is 9.90 Å². The molecule has 2 aromatic rings. The normalized spacial score (nSPS) is 17.7. The van der Waals surface area contributed by atoms with Crippen LogP contribution in [0.2, 0.25) is 0 Å². The Bertz CT molecular complexity index is 691. The lowest BCUT2D eigenvalue weighted by Crippen LogP contribution is -2.52. The minimum atomic E-state index is -1.29. The number of aliphatic hydroxyl groups is 1. The maximum absolute atomic E-state index is 12.3. The van der Waals surface area contributed by atoms with Gasteiger partial charge in [0.05, 0.1) is 0 Å². The number of rotatable bonds is 5. The summed E-state index contributed by atoms with van der Waals surface area (Å²) in [4.78, 5) is 12.3. The zero-order valence-corrected chi connectivity index (χ0v) is 14.6. The molecule has 1 saturated heterocycles. The molecule has 25 heavy (non-hydrogen) atoms. The number of hydrogen-bond donors (Lipinski definition) is 2. The van der Waals surface area contributed by atoms with Crippen LogP contribution in [-0.2, 0) is 16.0 Å². The Kier molecular flexibility index (Phi) is 5.51. The van der Waals surface area contributed by atoms with E-state index in [0.717, 1.165) is 12.0 Å². The minimum absolute atomic E-state index is 0.0399. The average Bonchev–Trinajstić information content (AvgIpc) is 2.63. The highest BCUT2D eigenvalue weighted by Gasteiger charge is 2.38. The monoisotopic (exact) mass is 339 g/mol. The summed E-state index contributed by atoms with van der Waals surface area (Å²) in [6.45, 7) is 2.82.